The summed E-state index contributed by atoms with van der Waals surface area (Å²) < 4.78 is 39.3. The number of alkyl halides is 3. The van der Waals surface area contributed by atoms with E-state index in [-0.39, 0.29) is 18.6 Å². The minimum Gasteiger partial charge on any atom is -0.475 e. The highest BCUT2D eigenvalue weighted by Gasteiger charge is 2.38. The number of hydrogen-bond acceptors (Lipinski definition) is 5. The Kier molecular flexibility index (Phi) is 7.37. The van der Waals surface area contributed by atoms with Crippen LogP contribution in [0.4, 0.5) is 13.2 Å². The third-order valence-corrected chi connectivity index (χ3v) is 3.36. The fourth-order valence-electron chi connectivity index (χ4n) is 2.00. The lowest BCUT2D eigenvalue weighted by molar-refractivity contribution is -0.192. The van der Waals surface area contributed by atoms with Crippen molar-refractivity contribution in [2.45, 2.75) is 32.3 Å². The zero-order chi connectivity index (χ0) is 19.2. The lowest BCUT2D eigenvalue weighted by atomic mass is 10.2. The van der Waals surface area contributed by atoms with Gasteiger partial charge >= 0.3 is 12.1 Å². The van der Waals surface area contributed by atoms with E-state index in [2.05, 4.69) is 21.8 Å². The molecule has 0 saturated carbocycles. The zero-order valence-corrected chi connectivity index (χ0v) is 14.1. The summed E-state index contributed by atoms with van der Waals surface area (Å²) in [6.45, 7) is 4.48. The Morgan fingerprint density at radius 1 is 1.48 bits per heavy atom. The van der Waals surface area contributed by atoms with E-state index in [1.54, 1.807) is 14.1 Å². The molecule has 11 heteroatoms. The van der Waals surface area contributed by atoms with Gasteiger partial charge in [0.1, 0.15) is 12.4 Å². The third kappa shape index (κ3) is 6.35. The molecule has 25 heavy (non-hydrogen) atoms. The molecule has 0 fully saturated rings. The van der Waals surface area contributed by atoms with Crippen LogP contribution in [0.15, 0.2) is 6.20 Å². The largest absolute Gasteiger partial charge is 0.490 e. The highest BCUT2D eigenvalue weighted by Crippen LogP contribution is 2.17. The first-order valence-corrected chi connectivity index (χ1v) is 7.39. The molecule has 142 valence electrons. The Bertz CT molecular complexity index is 601. The number of aliphatic carboxylic acids is 1. The Hall–Kier alpha value is -2.14. The Morgan fingerprint density at radius 3 is 2.60 bits per heavy atom. The number of nitrogens with one attached hydrogen (secondary N) is 1. The highest BCUT2D eigenvalue weighted by atomic mass is 19.4. The van der Waals surface area contributed by atoms with E-state index in [1.165, 1.54) is 4.90 Å². The van der Waals surface area contributed by atoms with Gasteiger partial charge in [-0.05, 0) is 6.92 Å². The van der Waals surface area contributed by atoms with Gasteiger partial charge in [-0.15, -0.1) is 0 Å². The van der Waals surface area contributed by atoms with Gasteiger partial charge in [-0.2, -0.15) is 13.2 Å². The summed E-state index contributed by atoms with van der Waals surface area (Å²) in [6, 6.07) is 0.274. The number of halogens is 3. The molecule has 1 atom stereocenters. The minimum absolute atomic E-state index is 0.0246. The molecule has 2 rings (SSSR count). The maximum Gasteiger partial charge on any atom is 0.490 e. The van der Waals surface area contributed by atoms with E-state index in [1.807, 2.05) is 6.20 Å². The van der Waals surface area contributed by atoms with Crippen LogP contribution >= 0.6 is 0 Å². The first-order chi connectivity index (χ1) is 11.5. The van der Waals surface area contributed by atoms with E-state index in [0.29, 0.717) is 6.61 Å². The average molecular weight is 366 g/mol. The quantitative estimate of drug-likeness (QED) is 0.818. The smallest absolute Gasteiger partial charge is 0.475 e. The van der Waals surface area contributed by atoms with Gasteiger partial charge in [-0.1, -0.05) is 0 Å². The van der Waals surface area contributed by atoms with E-state index in [4.69, 9.17) is 14.6 Å². The fraction of sp³-hybridized carbons (Fsp3) is 0.643. The van der Waals surface area contributed by atoms with Crippen LogP contribution in [0.3, 0.4) is 0 Å². The molecule has 2 N–H and O–H groups in total. The van der Waals surface area contributed by atoms with Crippen LogP contribution in [0.25, 0.3) is 0 Å². The number of hydrogen-bond donors (Lipinski definition) is 2. The Balaban J connectivity index is 0.000000381. The molecule has 1 aromatic heterocycles. The Morgan fingerprint density at radius 2 is 2.08 bits per heavy atom. The van der Waals surface area contributed by atoms with Crippen molar-refractivity contribution in [2.75, 3.05) is 27.2 Å². The van der Waals surface area contributed by atoms with Crippen molar-refractivity contribution in [2.24, 2.45) is 0 Å². The molecule has 1 unspecified atom stereocenters. The van der Waals surface area contributed by atoms with Crippen molar-refractivity contribution in [3.63, 3.8) is 0 Å². The first kappa shape index (κ1) is 20.9. The number of nitrogens with zero attached hydrogens (tertiary/aromatic N) is 3. The number of fused-ring (bicyclic) bond motifs is 1. The van der Waals surface area contributed by atoms with Gasteiger partial charge in [0.25, 0.3) is 0 Å². The standard InChI is InChI=1S/C12H20N4O2.C2HF3O2/c1-9-12-14-6-10(16(12)5-4-13-9)7-18-8-11(17)15(2)3;3-2(4,5)1(6)7/h6,9,13H,4-5,7-8H2,1-3H3;(H,6,7). The van der Waals surface area contributed by atoms with Gasteiger partial charge in [0, 0.05) is 27.2 Å². The summed E-state index contributed by atoms with van der Waals surface area (Å²) in [5.74, 6) is -1.74. The van der Waals surface area contributed by atoms with Crippen LogP contribution < -0.4 is 5.32 Å². The summed E-state index contributed by atoms with van der Waals surface area (Å²) in [4.78, 5) is 26.2. The van der Waals surface area contributed by atoms with Crippen LogP contribution in [0.1, 0.15) is 24.5 Å². The van der Waals surface area contributed by atoms with Gasteiger partial charge in [0.05, 0.1) is 24.5 Å². The maximum absolute atomic E-state index is 11.4. The van der Waals surface area contributed by atoms with Gasteiger partial charge in [0.2, 0.25) is 5.91 Å². The lowest BCUT2D eigenvalue weighted by Gasteiger charge is -2.23. The molecule has 0 aliphatic carbocycles. The first-order valence-electron chi connectivity index (χ1n) is 7.39. The molecule has 0 saturated heterocycles. The second kappa shape index (κ2) is 8.81. The number of imidazole rings is 1. The number of ether oxygens (including phenoxy) is 1. The van der Waals surface area contributed by atoms with E-state index in [0.717, 1.165) is 24.6 Å². The monoisotopic (exact) mass is 366 g/mol. The molecule has 2 heterocycles. The SMILES string of the molecule is CC1NCCn2c(COCC(=O)N(C)C)cnc21.O=C(O)C(F)(F)F. The molecule has 0 radical (unpaired) electrons. The molecule has 0 aromatic carbocycles. The molecule has 0 spiro atoms. The average Bonchev–Trinajstić information content (AvgIpc) is 2.91. The molecule has 1 aliphatic rings. The highest BCUT2D eigenvalue weighted by molar-refractivity contribution is 5.76. The van der Waals surface area contributed by atoms with Crippen LogP contribution in [0, 0.1) is 0 Å². The van der Waals surface area contributed by atoms with Gasteiger partial charge in [-0.3, -0.25) is 4.79 Å². The van der Waals surface area contributed by atoms with Gasteiger partial charge < -0.3 is 24.6 Å². The number of carboxylic acids is 1. The van der Waals surface area contributed by atoms with Gasteiger partial charge in [0.15, 0.2) is 0 Å². The summed E-state index contributed by atoms with van der Waals surface area (Å²) >= 11 is 0. The van der Waals surface area contributed by atoms with Crippen LogP contribution in [-0.4, -0.2) is 64.9 Å². The molecular weight excluding hydrogens is 345 g/mol. The molecule has 1 amide bonds. The maximum atomic E-state index is 11.4. The van der Waals surface area contributed by atoms with Crippen LogP contribution in [0.5, 0.6) is 0 Å². The Labute approximate surface area is 142 Å². The second-order valence-corrected chi connectivity index (χ2v) is 5.52. The molecule has 8 nitrogen and oxygen atoms in total. The molecule has 1 aromatic rings. The lowest BCUT2D eigenvalue weighted by Crippen LogP contribution is -2.32. The minimum atomic E-state index is -5.08. The third-order valence-electron chi connectivity index (χ3n) is 3.36. The number of amides is 1. The number of likely N-dealkylation sites (N-methyl/N-ethyl adjacent to an activating group) is 1. The summed E-state index contributed by atoms with van der Waals surface area (Å²) in [6.07, 6.45) is -3.25. The van der Waals surface area contributed by atoms with Crippen molar-refractivity contribution in [1.29, 1.82) is 0 Å². The van der Waals surface area contributed by atoms with Crippen molar-refractivity contribution >= 4 is 11.9 Å². The van der Waals surface area contributed by atoms with Gasteiger partial charge in [-0.25, -0.2) is 9.78 Å². The predicted molar refractivity (Wildman–Crippen MR) is 80.7 cm³/mol. The number of carboxylic acid groups (broad SMARTS) is 1. The topological polar surface area (TPSA) is 96.7 Å². The van der Waals surface area contributed by atoms with Crippen molar-refractivity contribution in [3.8, 4) is 0 Å². The zero-order valence-electron chi connectivity index (χ0n) is 14.1. The van der Waals surface area contributed by atoms with E-state index < -0.39 is 12.1 Å². The summed E-state index contributed by atoms with van der Waals surface area (Å²) in [5, 5.41) is 10.5. The second-order valence-electron chi connectivity index (χ2n) is 5.52. The normalized spacial score (nSPS) is 16.5. The van der Waals surface area contributed by atoms with Crippen LogP contribution in [0.2, 0.25) is 0 Å². The van der Waals surface area contributed by atoms with E-state index in [9.17, 15) is 18.0 Å². The molecule has 0 bridgehead atoms. The summed E-state index contributed by atoms with van der Waals surface area (Å²) in [5.41, 5.74) is 1.03. The van der Waals surface area contributed by atoms with Crippen molar-refractivity contribution in [1.82, 2.24) is 19.8 Å². The van der Waals surface area contributed by atoms with Crippen molar-refractivity contribution in [3.05, 3.63) is 17.7 Å². The van der Waals surface area contributed by atoms with Crippen molar-refractivity contribution < 1.29 is 32.6 Å². The van der Waals surface area contributed by atoms with Crippen LogP contribution in [-0.2, 0) is 27.5 Å². The predicted octanol–water partition coefficient (Wildman–Crippen LogP) is 0.785. The fourth-order valence-corrected chi connectivity index (χ4v) is 2.00. The molecular formula is C14H21F3N4O4. The summed E-state index contributed by atoms with van der Waals surface area (Å²) in [7, 11) is 3.44. The molecule has 1 aliphatic heterocycles. The number of aromatic nitrogens is 2. The van der Waals surface area contributed by atoms with E-state index >= 15 is 0 Å². The number of carbonyl (C=O) groups is 2. The number of carbonyl (C=O) groups excluding carboxylic acids is 1. The number of rotatable bonds is 4.